The highest BCUT2D eigenvalue weighted by atomic mass is 79.9. The molecule has 1 aliphatic heterocycles. The van der Waals surface area contributed by atoms with Gasteiger partial charge in [-0.15, -0.1) is 11.8 Å². The van der Waals surface area contributed by atoms with E-state index in [0.29, 0.717) is 0 Å². The molecule has 0 amide bonds. The standard InChI is InChI=1S/C13H12BrClOS/c1-2-12(14)8-11(13(15,9-16)17-12)10-6-4-3-5-7-10/h3-9H,2H2,1H3. The Hall–Kier alpha value is -0.250. The Morgan fingerprint density at radius 2 is 2.06 bits per heavy atom. The van der Waals surface area contributed by atoms with Crippen LogP contribution in [0.5, 0.6) is 0 Å². The Bertz CT molecular complexity index is 462. The van der Waals surface area contributed by atoms with E-state index in [1.165, 1.54) is 11.8 Å². The summed E-state index contributed by atoms with van der Waals surface area (Å²) in [6, 6.07) is 9.79. The molecule has 2 atom stereocenters. The van der Waals surface area contributed by atoms with Crippen LogP contribution in [0.1, 0.15) is 18.9 Å². The van der Waals surface area contributed by atoms with Crippen LogP contribution in [0, 0.1) is 0 Å². The van der Waals surface area contributed by atoms with Gasteiger partial charge in [-0.2, -0.15) is 0 Å². The van der Waals surface area contributed by atoms with E-state index in [2.05, 4.69) is 28.9 Å². The Labute approximate surface area is 119 Å². The van der Waals surface area contributed by atoms with Crippen LogP contribution in [0.15, 0.2) is 36.4 Å². The van der Waals surface area contributed by atoms with Gasteiger partial charge in [0.05, 0.1) is 3.66 Å². The topological polar surface area (TPSA) is 17.1 Å². The second-order valence-electron chi connectivity index (χ2n) is 3.93. The fourth-order valence-corrected chi connectivity index (χ4v) is 4.81. The van der Waals surface area contributed by atoms with Crippen molar-refractivity contribution in [1.82, 2.24) is 0 Å². The smallest absolute Gasteiger partial charge is 0.172 e. The Morgan fingerprint density at radius 3 is 2.59 bits per heavy atom. The van der Waals surface area contributed by atoms with Crippen molar-refractivity contribution in [3.05, 3.63) is 42.0 Å². The maximum atomic E-state index is 11.3. The Balaban J connectivity index is 2.49. The van der Waals surface area contributed by atoms with Gasteiger partial charge in [0.25, 0.3) is 0 Å². The SMILES string of the molecule is CCC1(Br)C=C(c2ccccc2)C(Cl)(C=O)S1. The number of thioether (sulfide) groups is 1. The first-order valence-electron chi connectivity index (χ1n) is 5.36. The molecule has 0 bridgehead atoms. The summed E-state index contributed by atoms with van der Waals surface area (Å²) in [7, 11) is 0. The first kappa shape index (κ1) is 13.2. The van der Waals surface area contributed by atoms with Crippen LogP contribution in [0.2, 0.25) is 0 Å². The van der Waals surface area contributed by atoms with Crippen molar-refractivity contribution in [2.45, 2.75) is 21.2 Å². The van der Waals surface area contributed by atoms with Crippen LogP contribution in [0.3, 0.4) is 0 Å². The van der Waals surface area contributed by atoms with E-state index >= 15 is 0 Å². The monoisotopic (exact) mass is 330 g/mol. The van der Waals surface area contributed by atoms with Gasteiger partial charge in [-0.25, -0.2) is 0 Å². The van der Waals surface area contributed by atoms with Crippen LogP contribution in [-0.2, 0) is 4.79 Å². The molecule has 0 radical (unpaired) electrons. The molecule has 0 saturated carbocycles. The zero-order valence-corrected chi connectivity index (χ0v) is 12.5. The van der Waals surface area contributed by atoms with Gasteiger partial charge in [-0.05, 0) is 17.6 Å². The lowest BCUT2D eigenvalue weighted by atomic mass is 10.0. The van der Waals surface area contributed by atoms with Crippen LogP contribution in [0.4, 0.5) is 0 Å². The van der Waals surface area contributed by atoms with Gasteiger partial charge >= 0.3 is 0 Å². The average molecular weight is 332 g/mol. The van der Waals surface area contributed by atoms with Crippen molar-refractivity contribution in [1.29, 1.82) is 0 Å². The van der Waals surface area contributed by atoms with E-state index in [9.17, 15) is 4.79 Å². The number of halogens is 2. The summed E-state index contributed by atoms with van der Waals surface area (Å²) < 4.78 is -1.23. The van der Waals surface area contributed by atoms with Gasteiger partial charge in [0.2, 0.25) is 0 Å². The predicted molar refractivity (Wildman–Crippen MR) is 78.6 cm³/mol. The van der Waals surface area contributed by atoms with Crippen LogP contribution < -0.4 is 0 Å². The van der Waals surface area contributed by atoms with Crippen molar-refractivity contribution >= 4 is 51.2 Å². The minimum absolute atomic E-state index is 0.249. The molecule has 4 heteroatoms. The number of aldehydes is 1. The molecule has 0 spiro atoms. The first-order chi connectivity index (χ1) is 8.03. The molecular weight excluding hydrogens is 320 g/mol. The number of rotatable bonds is 3. The van der Waals surface area contributed by atoms with E-state index < -0.39 is 4.21 Å². The van der Waals surface area contributed by atoms with Gasteiger partial charge in [0, 0.05) is 0 Å². The molecule has 1 aromatic rings. The molecule has 1 nitrogen and oxygen atoms in total. The van der Waals surface area contributed by atoms with Crippen LogP contribution >= 0.6 is 39.3 Å². The lowest BCUT2D eigenvalue weighted by Gasteiger charge is -2.22. The zero-order valence-electron chi connectivity index (χ0n) is 9.32. The molecule has 0 fully saturated rings. The molecule has 17 heavy (non-hydrogen) atoms. The zero-order chi connectivity index (χ0) is 12.5. The van der Waals surface area contributed by atoms with Crippen molar-refractivity contribution in [3.8, 4) is 0 Å². The third-order valence-electron chi connectivity index (χ3n) is 2.76. The minimum atomic E-state index is -0.985. The van der Waals surface area contributed by atoms with E-state index in [1.54, 1.807) is 0 Å². The molecule has 1 aromatic carbocycles. The second-order valence-corrected chi connectivity index (χ2v) is 8.27. The van der Waals surface area contributed by atoms with Gasteiger partial charge < -0.3 is 4.79 Å². The molecule has 2 rings (SSSR count). The summed E-state index contributed by atoms with van der Waals surface area (Å²) in [5, 5.41) is 0. The fraction of sp³-hybridized carbons (Fsp3) is 0.308. The van der Waals surface area contributed by atoms with Crippen molar-refractivity contribution in [3.63, 3.8) is 0 Å². The van der Waals surface area contributed by atoms with E-state index in [1.807, 2.05) is 30.3 Å². The maximum Gasteiger partial charge on any atom is 0.172 e. The lowest BCUT2D eigenvalue weighted by Crippen LogP contribution is -2.20. The normalized spacial score (nSPS) is 32.3. The first-order valence-corrected chi connectivity index (χ1v) is 7.35. The summed E-state index contributed by atoms with van der Waals surface area (Å²) in [6.45, 7) is 2.06. The molecule has 1 aliphatic rings. The molecule has 90 valence electrons. The summed E-state index contributed by atoms with van der Waals surface area (Å²) >= 11 is 11.5. The number of carbonyl (C=O) groups excluding carboxylic acids is 1. The molecule has 2 unspecified atom stereocenters. The average Bonchev–Trinajstić information content (AvgIpc) is 2.64. The van der Waals surface area contributed by atoms with Gasteiger partial charge in [0.15, 0.2) is 10.5 Å². The molecule has 0 aliphatic carbocycles. The third kappa shape index (κ3) is 2.47. The number of hydrogen-bond acceptors (Lipinski definition) is 2. The quantitative estimate of drug-likeness (QED) is 0.601. The molecule has 0 saturated heterocycles. The Morgan fingerprint density at radius 1 is 1.41 bits per heavy atom. The number of alkyl halides is 2. The minimum Gasteiger partial charge on any atom is -0.300 e. The predicted octanol–water partition coefficient (Wildman–Crippen LogP) is 4.45. The van der Waals surface area contributed by atoms with Crippen LogP contribution in [-0.4, -0.2) is 14.1 Å². The number of carbonyl (C=O) groups is 1. The second kappa shape index (κ2) is 4.79. The maximum absolute atomic E-state index is 11.3. The van der Waals surface area contributed by atoms with Crippen molar-refractivity contribution in [2.24, 2.45) is 0 Å². The third-order valence-corrected chi connectivity index (χ3v) is 5.92. The van der Waals surface area contributed by atoms with Gasteiger partial charge in [0.1, 0.15) is 0 Å². The molecule has 1 heterocycles. The summed E-state index contributed by atoms with van der Waals surface area (Å²) in [4.78, 5) is 11.3. The van der Waals surface area contributed by atoms with Crippen molar-refractivity contribution < 1.29 is 4.79 Å². The van der Waals surface area contributed by atoms with E-state index in [0.717, 1.165) is 23.8 Å². The van der Waals surface area contributed by atoms with Crippen molar-refractivity contribution in [2.75, 3.05) is 0 Å². The largest absolute Gasteiger partial charge is 0.300 e. The fourth-order valence-electron chi connectivity index (χ4n) is 1.80. The molecular formula is C13H12BrClOS. The molecule has 0 N–H and O–H groups in total. The Kier molecular flexibility index (Phi) is 3.71. The van der Waals surface area contributed by atoms with E-state index in [4.69, 9.17) is 11.6 Å². The van der Waals surface area contributed by atoms with Gasteiger partial charge in [-0.3, -0.25) is 0 Å². The van der Waals surface area contributed by atoms with Crippen LogP contribution in [0.25, 0.3) is 5.57 Å². The number of benzene rings is 1. The lowest BCUT2D eigenvalue weighted by molar-refractivity contribution is -0.107. The van der Waals surface area contributed by atoms with Gasteiger partial charge in [-0.1, -0.05) is 70.9 Å². The molecule has 0 aromatic heterocycles. The number of hydrogen-bond donors (Lipinski definition) is 0. The summed E-state index contributed by atoms with van der Waals surface area (Å²) in [5.41, 5.74) is 1.87. The highest BCUT2D eigenvalue weighted by Gasteiger charge is 2.47. The highest BCUT2D eigenvalue weighted by molar-refractivity contribution is 9.12. The highest BCUT2D eigenvalue weighted by Crippen LogP contribution is 2.58. The summed E-state index contributed by atoms with van der Waals surface area (Å²) in [5.74, 6) is 0. The summed E-state index contributed by atoms with van der Waals surface area (Å²) in [6.07, 6.45) is 3.74. The van der Waals surface area contributed by atoms with E-state index in [-0.39, 0.29) is 3.66 Å².